The highest BCUT2D eigenvalue weighted by Crippen LogP contribution is 2.19. The van der Waals surface area contributed by atoms with Crippen molar-refractivity contribution in [1.29, 1.82) is 0 Å². The van der Waals surface area contributed by atoms with E-state index < -0.39 is 0 Å². The summed E-state index contributed by atoms with van der Waals surface area (Å²) in [6, 6.07) is 6.16. The van der Waals surface area contributed by atoms with Crippen LogP contribution in [0.4, 0.5) is 0 Å². The molecule has 0 aromatic carbocycles. The van der Waals surface area contributed by atoms with E-state index in [1.807, 2.05) is 24.4 Å². The van der Waals surface area contributed by atoms with Crippen molar-refractivity contribution in [2.45, 2.75) is 19.4 Å². The molecule has 0 bridgehead atoms. The van der Waals surface area contributed by atoms with Crippen molar-refractivity contribution in [3.8, 4) is 5.88 Å². The highest BCUT2D eigenvalue weighted by atomic mass is 16.5. The minimum atomic E-state index is 0.254. The van der Waals surface area contributed by atoms with Crippen molar-refractivity contribution in [1.82, 2.24) is 10.3 Å². The summed E-state index contributed by atoms with van der Waals surface area (Å²) in [6.45, 7) is 3.01. The number of hydrogen-bond acceptors (Lipinski definition) is 4. The molecule has 4 heteroatoms. The molecule has 1 N–H and O–H groups in total. The predicted octanol–water partition coefficient (Wildman–Crippen LogP) is 2.58. The van der Waals surface area contributed by atoms with Crippen LogP contribution in [0.25, 0.3) is 0 Å². The van der Waals surface area contributed by atoms with Gasteiger partial charge in [-0.15, -0.1) is 0 Å². The third-order valence-electron chi connectivity index (χ3n) is 2.84. The fourth-order valence-electron chi connectivity index (χ4n) is 1.92. The number of aromatic nitrogens is 1. The number of likely N-dealkylation sites (N-methyl/N-ethyl adjacent to an activating group) is 1. The smallest absolute Gasteiger partial charge is 0.212 e. The zero-order valence-electron chi connectivity index (χ0n) is 10.7. The second kappa shape index (κ2) is 6.21. The summed E-state index contributed by atoms with van der Waals surface area (Å²) in [5.74, 6) is 0.641. The summed E-state index contributed by atoms with van der Waals surface area (Å²) in [5.41, 5.74) is 2.33. The predicted molar refractivity (Wildman–Crippen MR) is 69.6 cm³/mol. The molecule has 4 nitrogen and oxygen atoms in total. The van der Waals surface area contributed by atoms with Gasteiger partial charge in [0, 0.05) is 23.9 Å². The highest BCUT2D eigenvalue weighted by Gasteiger charge is 2.12. The van der Waals surface area contributed by atoms with Crippen molar-refractivity contribution in [3.05, 3.63) is 48.0 Å². The summed E-state index contributed by atoms with van der Waals surface area (Å²) < 4.78 is 10.2. The topological polar surface area (TPSA) is 47.3 Å². The molecule has 0 saturated heterocycles. The van der Waals surface area contributed by atoms with E-state index in [-0.39, 0.29) is 6.04 Å². The van der Waals surface area contributed by atoms with Crippen molar-refractivity contribution >= 4 is 0 Å². The lowest BCUT2D eigenvalue weighted by atomic mass is 10.0. The first-order valence-corrected chi connectivity index (χ1v) is 6.08. The lowest BCUT2D eigenvalue weighted by molar-refractivity contribution is 0.397. The first-order chi connectivity index (χ1) is 8.83. The van der Waals surface area contributed by atoms with Gasteiger partial charge in [0.1, 0.15) is 0 Å². The minimum absolute atomic E-state index is 0.254. The molecule has 0 fully saturated rings. The van der Waals surface area contributed by atoms with E-state index in [0.717, 1.165) is 18.5 Å². The standard InChI is InChI=1S/C14H18N2O2/c1-3-15-13(12-6-7-18-10-12)8-11-4-5-14(17-2)16-9-11/h4-7,9-10,13,15H,3,8H2,1-2H3. The summed E-state index contributed by atoms with van der Waals surface area (Å²) in [7, 11) is 1.62. The van der Waals surface area contributed by atoms with Gasteiger partial charge in [0.05, 0.1) is 19.6 Å². The SMILES string of the molecule is CCNC(Cc1ccc(OC)nc1)c1ccoc1. The summed E-state index contributed by atoms with van der Waals surface area (Å²) in [4.78, 5) is 4.22. The van der Waals surface area contributed by atoms with Gasteiger partial charge in [-0.25, -0.2) is 4.98 Å². The number of nitrogens with zero attached hydrogens (tertiary/aromatic N) is 1. The van der Waals surface area contributed by atoms with Crippen LogP contribution in [-0.4, -0.2) is 18.6 Å². The van der Waals surface area contributed by atoms with E-state index in [2.05, 4.69) is 17.2 Å². The van der Waals surface area contributed by atoms with Crippen molar-refractivity contribution < 1.29 is 9.15 Å². The molecule has 0 spiro atoms. The van der Waals surface area contributed by atoms with Gasteiger partial charge in [-0.3, -0.25) is 0 Å². The first kappa shape index (κ1) is 12.6. The molecule has 0 aliphatic heterocycles. The highest BCUT2D eigenvalue weighted by molar-refractivity contribution is 5.21. The van der Waals surface area contributed by atoms with Crippen LogP contribution in [0.2, 0.25) is 0 Å². The molecule has 0 aliphatic rings. The normalized spacial score (nSPS) is 12.3. The summed E-state index contributed by atoms with van der Waals surface area (Å²) in [5, 5.41) is 3.44. The van der Waals surface area contributed by atoms with Crippen molar-refractivity contribution in [2.24, 2.45) is 0 Å². The van der Waals surface area contributed by atoms with E-state index >= 15 is 0 Å². The second-order valence-corrected chi connectivity index (χ2v) is 4.08. The van der Waals surface area contributed by atoms with Crippen LogP contribution in [0.5, 0.6) is 5.88 Å². The molecular weight excluding hydrogens is 228 g/mol. The molecule has 2 aromatic heterocycles. The van der Waals surface area contributed by atoms with Gasteiger partial charge in [0.25, 0.3) is 0 Å². The fourth-order valence-corrected chi connectivity index (χ4v) is 1.92. The van der Waals surface area contributed by atoms with Crippen LogP contribution in [-0.2, 0) is 6.42 Å². The Balaban J connectivity index is 2.08. The fraction of sp³-hybridized carbons (Fsp3) is 0.357. The maximum absolute atomic E-state index is 5.14. The largest absolute Gasteiger partial charge is 0.481 e. The number of nitrogens with one attached hydrogen (secondary N) is 1. The molecule has 0 saturated carbocycles. The lowest BCUT2D eigenvalue weighted by Crippen LogP contribution is -2.22. The Morgan fingerprint density at radius 2 is 2.28 bits per heavy atom. The van der Waals surface area contributed by atoms with Crippen LogP contribution in [0.15, 0.2) is 41.3 Å². The zero-order valence-corrected chi connectivity index (χ0v) is 10.7. The monoisotopic (exact) mass is 246 g/mol. The Morgan fingerprint density at radius 1 is 1.39 bits per heavy atom. The molecule has 0 radical (unpaired) electrons. The van der Waals surface area contributed by atoms with Gasteiger partial charge in [-0.1, -0.05) is 13.0 Å². The van der Waals surface area contributed by atoms with Gasteiger partial charge in [0.2, 0.25) is 5.88 Å². The van der Waals surface area contributed by atoms with Crippen LogP contribution in [0.3, 0.4) is 0 Å². The third-order valence-corrected chi connectivity index (χ3v) is 2.84. The number of furan rings is 1. The van der Waals surface area contributed by atoms with E-state index in [0.29, 0.717) is 5.88 Å². The van der Waals surface area contributed by atoms with Gasteiger partial charge in [-0.2, -0.15) is 0 Å². The maximum atomic E-state index is 5.14. The van der Waals surface area contributed by atoms with Gasteiger partial charge >= 0.3 is 0 Å². The van der Waals surface area contributed by atoms with Crippen LogP contribution >= 0.6 is 0 Å². The minimum Gasteiger partial charge on any atom is -0.481 e. The molecule has 2 rings (SSSR count). The van der Waals surface area contributed by atoms with Crippen molar-refractivity contribution in [3.63, 3.8) is 0 Å². The summed E-state index contributed by atoms with van der Waals surface area (Å²) >= 11 is 0. The van der Waals surface area contributed by atoms with Gasteiger partial charge in [-0.05, 0) is 24.6 Å². The molecule has 1 unspecified atom stereocenters. The molecule has 18 heavy (non-hydrogen) atoms. The van der Waals surface area contributed by atoms with Crippen molar-refractivity contribution in [2.75, 3.05) is 13.7 Å². The van der Waals surface area contributed by atoms with E-state index in [1.54, 1.807) is 19.6 Å². The van der Waals surface area contributed by atoms with Gasteiger partial charge in [0.15, 0.2) is 0 Å². The maximum Gasteiger partial charge on any atom is 0.212 e. The van der Waals surface area contributed by atoms with Crippen LogP contribution < -0.4 is 10.1 Å². The molecule has 0 aliphatic carbocycles. The number of methoxy groups -OCH3 is 1. The molecule has 96 valence electrons. The molecular formula is C14H18N2O2. The Bertz CT molecular complexity index is 451. The number of hydrogen-bond donors (Lipinski definition) is 1. The van der Waals surface area contributed by atoms with E-state index in [1.165, 1.54) is 5.56 Å². The average molecular weight is 246 g/mol. The van der Waals surface area contributed by atoms with E-state index in [9.17, 15) is 0 Å². The lowest BCUT2D eigenvalue weighted by Gasteiger charge is -2.16. The van der Waals surface area contributed by atoms with Crippen LogP contribution in [0.1, 0.15) is 24.1 Å². The third kappa shape index (κ3) is 3.11. The molecule has 2 aromatic rings. The number of pyridine rings is 1. The Hall–Kier alpha value is -1.81. The first-order valence-electron chi connectivity index (χ1n) is 6.08. The Kier molecular flexibility index (Phi) is 4.36. The van der Waals surface area contributed by atoms with Crippen LogP contribution in [0, 0.1) is 0 Å². The second-order valence-electron chi connectivity index (χ2n) is 4.08. The zero-order chi connectivity index (χ0) is 12.8. The molecule has 2 heterocycles. The average Bonchev–Trinajstić information content (AvgIpc) is 2.93. The molecule has 0 amide bonds. The Morgan fingerprint density at radius 3 is 2.83 bits per heavy atom. The van der Waals surface area contributed by atoms with E-state index in [4.69, 9.17) is 9.15 Å². The Labute approximate surface area is 107 Å². The molecule has 1 atom stereocenters. The number of rotatable bonds is 6. The summed E-state index contributed by atoms with van der Waals surface area (Å²) in [6.07, 6.45) is 6.21. The number of ether oxygens (including phenoxy) is 1. The van der Waals surface area contributed by atoms with Gasteiger partial charge < -0.3 is 14.5 Å². The quantitative estimate of drug-likeness (QED) is 0.851.